The van der Waals surface area contributed by atoms with Crippen LogP contribution in [0, 0.1) is 13.8 Å². The quantitative estimate of drug-likeness (QED) is 0.325. The van der Waals surface area contributed by atoms with E-state index in [0.29, 0.717) is 61.0 Å². The summed E-state index contributed by atoms with van der Waals surface area (Å²) in [5.74, 6) is 1.09. The van der Waals surface area contributed by atoms with Crippen molar-refractivity contribution in [1.82, 2.24) is 0 Å². The predicted molar refractivity (Wildman–Crippen MR) is 110 cm³/mol. The molecule has 0 amide bonds. The van der Waals surface area contributed by atoms with Crippen molar-refractivity contribution >= 4 is 12.1 Å². The van der Waals surface area contributed by atoms with E-state index in [1.807, 2.05) is 19.9 Å². The van der Waals surface area contributed by atoms with Crippen molar-refractivity contribution in [3.8, 4) is 17.2 Å². The normalized spacial score (nSPS) is 10.6. The lowest BCUT2D eigenvalue weighted by Gasteiger charge is -2.13. The molecule has 0 bridgehead atoms. The van der Waals surface area contributed by atoms with Gasteiger partial charge >= 0.3 is 0 Å². The predicted octanol–water partition coefficient (Wildman–Crippen LogP) is 4.28. The highest BCUT2D eigenvalue weighted by molar-refractivity contribution is 5.99. The number of phenols is 1. The summed E-state index contributed by atoms with van der Waals surface area (Å²) in [5, 5.41) is 10.2. The number of Topliss-reactive ketones (excluding diaryl/α,β-unsaturated/α-hetero) is 1. The van der Waals surface area contributed by atoms with Crippen LogP contribution >= 0.6 is 0 Å². The number of rotatable bonds is 12. The van der Waals surface area contributed by atoms with Gasteiger partial charge in [-0.25, -0.2) is 0 Å². The summed E-state index contributed by atoms with van der Waals surface area (Å²) in [4.78, 5) is 22.9. The monoisotopic (exact) mass is 400 g/mol. The molecule has 0 atom stereocenters. The average Bonchev–Trinajstić information content (AvgIpc) is 2.71. The number of aldehydes is 1. The van der Waals surface area contributed by atoms with E-state index in [2.05, 4.69) is 0 Å². The van der Waals surface area contributed by atoms with Crippen molar-refractivity contribution in [2.45, 2.75) is 33.6 Å². The molecule has 0 spiro atoms. The van der Waals surface area contributed by atoms with Crippen molar-refractivity contribution in [2.24, 2.45) is 0 Å². The fraction of sp³-hybridized carbons (Fsp3) is 0.391. The van der Waals surface area contributed by atoms with Gasteiger partial charge in [0.05, 0.1) is 18.8 Å². The Morgan fingerprint density at radius 1 is 0.966 bits per heavy atom. The number of carbonyl (C=O) groups excluding carboxylic acids is 2. The number of carbonyl (C=O) groups is 2. The van der Waals surface area contributed by atoms with Crippen LogP contribution in [0.25, 0.3) is 0 Å². The Morgan fingerprint density at radius 3 is 2.24 bits per heavy atom. The van der Waals surface area contributed by atoms with E-state index in [1.54, 1.807) is 31.2 Å². The molecule has 0 aliphatic heterocycles. The highest BCUT2D eigenvalue weighted by Crippen LogP contribution is 2.31. The fourth-order valence-corrected chi connectivity index (χ4v) is 2.86. The molecule has 0 saturated carbocycles. The van der Waals surface area contributed by atoms with Crippen LogP contribution in [0.15, 0.2) is 30.3 Å². The maximum atomic E-state index is 12.0. The van der Waals surface area contributed by atoms with Crippen LogP contribution in [-0.4, -0.2) is 43.6 Å². The molecule has 0 unspecified atom stereocenters. The number of phenolic OH excluding ortho intramolecular Hbond substituents is 1. The largest absolute Gasteiger partial charge is 0.507 e. The Bertz CT molecular complexity index is 844. The molecule has 0 heterocycles. The van der Waals surface area contributed by atoms with Crippen LogP contribution in [0.1, 0.15) is 51.6 Å². The van der Waals surface area contributed by atoms with E-state index in [9.17, 15) is 14.7 Å². The van der Waals surface area contributed by atoms with Crippen LogP contribution in [0.5, 0.6) is 17.2 Å². The lowest BCUT2D eigenvalue weighted by molar-refractivity contribution is 0.0760. The Labute approximate surface area is 171 Å². The molecule has 2 rings (SSSR count). The number of hydrogen-bond acceptors (Lipinski definition) is 6. The minimum absolute atomic E-state index is 0.0248. The van der Waals surface area contributed by atoms with Gasteiger partial charge in [0.25, 0.3) is 0 Å². The first kappa shape index (κ1) is 22.4. The van der Waals surface area contributed by atoms with E-state index in [1.165, 1.54) is 0 Å². The van der Waals surface area contributed by atoms with Crippen molar-refractivity contribution in [3.05, 3.63) is 52.6 Å². The van der Waals surface area contributed by atoms with Gasteiger partial charge in [-0.15, -0.1) is 0 Å². The van der Waals surface area contributed by atoms with Gasteiger partial charge in [0.1, 0.15) is 36.7 Å². The van der Waals surface area contributed by atoms with Gasteiger partial charge in [-0.1, -0.05) is 19.1 Å². The van der Waals surface area contributed by atoms with Crippen molar-refractivity contribution in [1.29, 1.82) is 0 Å². The molecule has 1 N–H and O–H groups in total. The molecule has 0 aromatic heterocycles. The Morgan fingerprint density at radius 2 is 1.62 bits per heavy atom. The second kappa shape index (κ2) is 11.2. The third kappa shape index (κ3) is 6.06. The Balaban J connectivity index is 1.74. The minimum Gasteiger partial charge on any atom is -0.507 e. The molecular weight excluding hydrogens is 372 g/mol. The van der Waals surface area contributed by atoms with E-state index >= 15 is 0 Å². The summed E-state index contributed by atoms with van der Waals surface area (Å²) in [6.45, 7) is 6.88. The van der Waals surface area contributed by atoms with Crippen molar-refractivity contribution < 1.29 is 28.9 Å². The second-order valence-corrected chi connectivity index (χ2v) is 6.66. The van der Waals surface area contributed by atoms with Gasteiger partial charge in [-0.3, -0.25) is 9.59 Å². The second-order valence-electron chi connectivity index (χ2n) is 6.66. The SMILES string of the molecule is CCCC(=O)c1ccc(OCCOCCOc2cccc(C=O)c2C)c(C)c1O. The maximum absolute atomic E-state index is 12.0. The highest BCUT2D eigenvalue weighted by atomic mass is 16.5. The average molecular weight is 400 g/mol. The van der Waals surface area contributed by atoms with E-state index < -0.39 is 0 Å². The molecule has 0 fully saturated rings. The minimum atomic E-state index is -0.0723. The van der Waals surface area contributed by atoms with Crippen LogP contribution in [-0.2, 0) is 4.74 Å². The van der Waals surface area contributed by atoms with Crippen molar-refractivity contribution in [3.63, 3.8) is 0 Å². The smallest absolute Gasteiger partial charge is 0.166 e. The third-order valence-corrected chi connectivity index (χ3v) is 4.58. The summed E-state index contributed by atoms with van der Waals surface area (Å²) < 4.78 is 16.8. The summed E-state index contributed by atoms with van der Waals surface area (Å²) >= 11 is 0. The zero-order valence-electron chi connectivity index (χ0n) is 17.2. The molecule has 0 radical (unpaired) electrons. The van der Waals surface area contributed by atoms with Crippen LogP contribution in [0.2, 0.25) is 0 Å². The van der Waals surface area contributed by atoms with E-state index in [0.717, 1.165) is 18.3 Å². The summed E-state index contributed by atoms with van der Waals surface area (Å²) in [7, 11) is 0. The van der Waals surface area contributed by atoms with Crippen LogP contribution in [0.3, 0.4) is 0 Å². The molecule has 6 heteroatoms. The number of aromatic hydroxyl groups is 1. The summed E-state index contributed by atoms with van der Waals surface area (Å²) in [5.41, 5.74) is 2.29. The van der Waals surface area contributed by atoms with Crippen LogP contribution < -0.4 is 9.47 Å². The van der Waals surface area contributed by atoms with Gasteiger partial charge in [-0.2, -0.15) is 0 Å². The van der Waals surface area contributed by atoms with E-state index in [-0.39, 0.29) is 11.5 Å². The zero-order chi connectivity index (χ0) is 21.2. The summed E-state index contributed by atoms with van der Waals surface area (Å²) in [6.07, 6.45) is 1.95. The topological polar surface area (TPSA) is 82.1 Å². The van der Waals surface area contributed by atoms with E-state index in [4.69, 9.17) is 14.2 Å². The summed E-state index contributed by atoms with van der Waals surface area (Å²) in [6, 6.07) is 8.63. The number of ether oxygens (including phenoxy) is 3. The third-order valence-electron chi connectivity index (χ3n) is 4.58. The molecule has 2 aromatic carbocycles. The Kier molecular flexibility index (Phi) is 8.68. The molecule has 0 saturated heterocycles. The first-order chi connectivity index (χ1) is 14.0. The molecule has 0 aliphatic carbocycles. The molecule has 156 valence electrons. The van der Waals surface area contributed by atoms with Gasteiger partial charge in [0.2, 0.25) is 0 Å². The molecular formula is C23H28O6. The number of hydrogen-bond donors (Lipinski definition) is 1. The van der Waals surface area contributed by atoms with Gasteiger partial charge < -0.3 is 19.3 Å². The Hall–Kier alpha value is -2.86. The molecule has 29 heavy (non-hydrogen) atoms. The van der Waals surface area contributed by atoms with Crippen molar-refractivity contribution in [2.75, 3.05) is 26.4 Å². The molecule has 2 aromatic rings. The lowest BCUT2D eigenvalue weighted by atomic mass is 10.0. The fourth-order valence-electron chi connectivity index (χ4n) is 2.86. The van der Waals surface area contributed by atoms with Crippen LogP contribution in [0.4, 0.5) is 0 Å². The number of ketones is 1. The zero-order valence-corrected chi connectivity index (χ0v) is 17.2. The highest BCUT2D eigenvalue weighted by Gasteiger charge is 2.15. The lowest BCUT2D eigenvalue weighted by Crippen LogP contribution is -2.13. The first-order valence-electron chi connectivity index (χ1n) is 9.73. The van der Waals surface area contributed by atoms with Gasteiger partial charge in [0, 0.05) is 23.1 Å². The number of benzene rings is 2. The standard InChI is InChI=1S/C23H28O6/c1-4-6-20(25)19-9-10-22(17(3)23(19)26)29-14-12-27-11-13-28-21-8-5-7-18(15-24)16(21)2/h5,7-10,15,26H,4,6,11-14H2,1-3H3. The maximum Gasteiger partial charge on any atom is 0.166 e. The molecule has 0 aliphatic rings. The van der Waals surface area contributed by atoms with Gasteiger partial charge in [0.15, 0.2) is 5.78 Å². The first-order valence-corrected chi connectivity index (χ1v) is 9.73. The molecule has 6 nitrogen and oxygen atoms in total. The van der Waals surface area contributed by atoms with Gasteiger partial charge in [-0.05, 0) is 38.5 Å².